The zero-order chi connectivity index (χ0) is 28.1. The van der Waals surface area contributed by atoms with Crippen LogP contribution in [0.15, 0.2) is 0 Å². The molecule has 1 heterocycles. The number of nitrogens with zero attached hydrogens (tertiary/aromatic N) is 1. The molecule has 8 nitrogen and oxygen atoms in total. The summed E-state index contributed by atoms with van der Waals surface area (Å²) in [7, 11) is 0. The SMILES string of the molecule is CC(C)(C)N.[2H]C([2H])([2H])C([2H])([2H])OC(=O)[C@H](CCC)N[C@@H](C)C(=O)N1[C@H](C(=O)O)C[C@@H]2CCCC[C@@H]21. The van der Waals surface area contributed by atoms with Gasteiger partial charge in [0.05, 0.1) is 15.3 Å². The second-order valence-electron chi connectivity index (χ2n) is 9.57. The van der Waals surface area contributed by atoms with Crippen molar-refractivity contribution in [3.05, 3.63) is 0 Å². The number of carbonyl (C=O) groups excluding carboxylic acids is 2. The highest BCUT2D eigenvalue weighted by Crippen LogP contribution is 2.40. The van der Waals surface area contributed by atoms with Crippen LogP contribution in [0, 0.1) is 5.92 Å². The van der Waals surface area contributed by atoms with Gasteiger partial charge in [-0.15, -0.1) is 0 Å². The number of amides is 1. The van der Waals surface area contributed by atoms with Crippen LogP contribution in [0.1, 0.15) is 93.3 Å². The molecule has 0 aromatic heterocycles. The van der Waals surface area contributed by atoms with Gasteiger partial charge in [-0.05, 0) is 66.1 Å². The normalized spacial score (nSPS) is 28.3. The van der Waals surface area contributed by atoms with E-state index in [0.29, 0.717) is 12.8 Å². The molecule has 0 radical (unpaired) electrons. The topological polar surface area (TPSA) is 122 Å². The number of fused-ring (bicyclic) bond motifs is 1. The summed E-state index contributed by atoms with van der Waals surface area (Å²) >= 11 is 0. The van der Waals surface area contributed by atoms with E-state index in [4.69, 9.17) is 12.6 Å². The summed E-state index contributed by atoms with van der Waals surface area (Å²) in [5.74, 6) is -2.44. The highest BCUT2D eigenvalue weighted by molar-refractivity contribution is 5.88. The molecule has 1 aliphatic carbocycles. The monoisotopic (exact) mass is 446 g/mol. The van der Waals surface area contributed by atoms with Gasteiger partial charge in [0.1, 0.15) is 12.1 Å². The van der Waals surface area contributed by atoms with Crippen molar-refractivity contribution in [1.82, 2.24) is 10.2 Å². The summed E-state index contributed by atoms with van der Waals surface area (Å²) < 4.78 is 41.2. The number of ether oxygens (including phenoxy) is 1. The van der Waals surface area contributed by atoms with Crippen molar-refractivity contribution >= 4 is 17.8 Å². The largest absolute Gasteiger partial charge is 0.480 e. The van der Waals surface area contributed by atoms with Gasteiger partial charge < -0.3 is 20.5 Å². The van der Waals surface area contributed by atoms with Crippen LogP contribution < -0.4 is 11.1 Å². The van der Waals surface area contributed by atoms with Gasteiger partial charge in [0.25, 0.3) is 0 Å². The lowest BCUT2D eigenvalue weighted by Crippen LogP contribution is -2.55. The van der Waals surface area contributed by atoms with Crippen LogP contribution in [0.3, 0.4) is 0 Å². The van der Waals surface area contributed by atoms with Gasteiger partial charge in [0, 0.05) is 15.7 Å². The van der Waals surface area contributed by atoms with Gasteiger partial charge in [-0.2, -0.15) is 0 Å². The number of carboxylic acids is 1. The van der Waals surface area contributed by atoms with E-state index in [1.165, 1.54) is 11.8 Å². The maximum atomic E-state index is 13.2. The van der Waals surface area contributed by atoms with Gasteiger partial charge in [-0.3, -0.25) is 14.9 Å². The summed E-state index contributed by atoms with van der Waals surface area (Å²) in [5.41, 5.74) is 5.35. The molecule has 2 fully saturated rings. The highest BCUT2D eigenvalue weighted by Gasteiger charge is 2.48. The second kappa shape index (κ2) is 12.4. The second-order valence-corrected chi connectivity index (χ2v) is 9.57. The number of nitrogens with two attached hydrogens (primary N) is 1. The Bertz CT molecular complexity index is 766. The molecule has 4 N–H and O–H groups in total. The van der Waals surface area contributed by atoms with E-state index in [2.05, 4.69) is 10.1 Å². The summed E-state index contributed by atoms with van der Waals surface area (Å²) in [6.45, 7) is 2.88. The van der Waals surface area contributed by atoms with E-state index in [1.54, 1.807) is 6.92 Å². The molecule has 2 rings (SSSR count). The lowest BCUT2D eigenvalue weighted by atomic mass is 9.84. The Balaban J connectivity index is 0.00000118. The van der Waals surface area contributed by atoms with Crippen LogP contribution >= 0.6 is 0 Å². The van der Waals surface area contributed by atoms with E-state index in [9.17, 15) is 19.5 Å². The van der Waals surface area contributed by atoms with E-state index in [1.807, 2.05) is 20.8 Å². The van der Waals surface area contributed by atoms with Gasteiger partial charge in [-0.1, -0.05) is 26.2 Å². The molecule has 0 bridgehead atoms. The molecule has 1 aliphatic heterocycles. The van der Waals surface area contributed by atoms with E-state index in [-0.39, 0.29) is 23.9 Å². The van der Waals surface area contributed by atoms with E-state index < -0.39 is 49.4 Å². The third-order valence-corrected chi connectivity index (χ3v) is 5.46. The van der Waals surface area contributed by atoms with E-state index in [0.717, 1.165) is 25.7 Å². The molecule has 0 aromatic carbocycles. The number of esters is 1. The summed E-state index contributed by atoms with van der Waals surface area (Å²) in [6.07, 6.45) is 4.67. The lowest BCUT2D eigenvalue weighted by Gasteiger charge is -2.35. The van der Waals surface area contributed by atoms with Crippen LogP contribution in [0.2, 0.25) is 0 Å². The Kier molecular flexibility index (Phi) is 7.98. The number of aliphatic carboxylic acids is 1. The molecule has 1 saturated heterocycles. The average Bonchev–Trinajstić information content (AvgIpc) is 3.10. The smallest absolute Gasteiger partial charge is 0.326 e. The van der Waals surface area contributed by atoms with Crippen molar-refractivity contribution in [2.24, 2.45) is 11.7 Å². The van der Waals surface area contributed by atoms with Crippen molar-refractivity contribution in [3.63, 3.8) is 0 Å². The van der Waals surface area contributed by atoms with Gasteiger partial charge >= 0.3 is 11.9 Å². The highest BCUT2D eigenvalue weighted by atomic mass is 16.5. The fraction of sp³-hybridized carbons (Fsp3) is 0.870. The fourth-order valence-electron chi connectivity index (χ4n) is 4.27. The maximum absolute atomic E-state index is 13.2. The molecular formula is C23H43N3O5. The van der Waals surface area contributed by atoms with Crippen molar-refractivity contribution in [2.45, 2.75) is 116 Å². The first-order valence-electron chi connectivity index (χ1n) is 13.6. The van der Waals surface area contributed by atoms with Crippen LogP contribution in [-0.2, 0) is 19.1 Å². The molecule has 0 aromatic rings. The number of nitrogens with one attached hydrogen (secondary N) is 1. The quantitative estimate of drug-likeness (QED) is 0.490. The minimum atomic E-state index is -3.16. The van der Waals surface area contributed by atoms with Crippen LogP contribution in [0.25, 0.3) is 0 Å². The first-order chi connectivity index (χ1) is 16.3. The lowest BCUT2D eigenvalue weighted by molar-refractivity contribution is -0.152. The molecule has 31 heavy (non-hydrogen) atoms. The molecule has 0 spiro atoms. The van der Waals surface area contributed by atoms with Crippen molar-refractivity contribution in [1.29, 1.82) is 0 Å². The minimum absolute atomic E-state index is 0. The Morgan fingerprint density at radius 1 is 1.32 bits per heavy atom. The number of likely N-dealkylation sites (tertiary alicyclic amines) is 1. The van der Waals surface area contributed by atoms with Crippen molar-refractivity contribution < 1.29 is 31.1 Å². The average molecular weight is 447 g/mol. The summed E-state index contributed by atoms with van der Waals surface area (Å²) in [6, 6.07) is -3.08. The predicted molar refractivity (Wildman–Crippen MR) is 120 cm³/mol. The fourth-order valence-corrected chi connectivity index (χ4v) is 4.27. The van der Waals surface area contributed by atoms with Crippen LogP contribution in [0.4, 0.5) is 0 Å². The molecule has 2 aliphatic rings. The molecule has 1 amide bonds. The number of carbonyl (C=O) groups is 3. The van der Waals surface area contributed by atoms with Gasteiger partial charge in [0.15, 0.2) is 0 Å². The zero-order valence-corrected chi connectivity index (χ0v) is 19.4. The van der Waals surface area contributed by atoms with Crippen molar-refractivity contribution in [3.8, 4) is 0 Å². The number of rotatable bonds is 8. The zero-order valence-electron chi connectivity index (χ0n) is 24.4. The molecular weight excluding hydrogens is 398 g/mol. The summed E-state index contributed by atoms with van der Waals surface area (Å²) in [4.78, 5) is 38.9. The Hall–Kier alpha value is -1.67. The maximum Gasteiger partial charge on any atom is 0.326 e. The number of carboxylic acid groups (broad SMARTS) is 1. The number of hydrogen-bond acceptors (Lipinski definition) is 6. The molecule has 5 atom stereocenters. The molecule has 180 valence electrons. The van der Waals surface area contributed by atoms with E-state index >= 15 is 0 Å². The third-order valence-electron chi connectivity index (χ3n) is 5.46. The van der Waals surface area contributed by atoms with Gasteiger partial charge in [-0.25, -0.2) is 4.79 Å². The van der Waals surface area contributed by atoms with Gasteiger partial charge in [0.2, 0.25) is 5.91 Å². The molecule has 8 heteroatoms. The Morgan fingerprint density at radius 3 is 2.48 bits per heavy atom. The first-order valence-corrected chi connectivity index (χ1v) is 11.1. The third kappa shape index (κ3) is 8.77. The predicted octanol–water partition coefficient (Wildman–Crippen LogP) is 2.68. The minimum Gasteiger partial charge on any atom is -0.480 e. The van der Waals surface area contributed by atoms with Crippen molar-refractivity contribution in [2.75, 3.05) is 6.56 Å². The molecule has 0 unspecified atom stereocenters. The Labute approximate surface area is 194 Å². The van der Waals surface area contributed by atoms with Crippen LogP contribution in [0.5, 0.6) is 0 Å². The summed E-state index contributed by atoms with van der Waals surface area (Å²) in [5, 5.41) is 12.5. The number of hydrogen-bond donors (Lipinski definition) is 3. The molecule has 1 saturated carbocycles. The standard InChI is InChI=1S/C19H32N2O5.C4H11N/c1-4-8-14(19(25)26-5-2)20-12(3)17(22)21-15-10-7-6-9-13(15)11-16(21)18(23)24;1-4(2,3)5/h12-16,20H,4-11H2,1-3H3,(H,23,24);5H2,1-3H3/t12-,13-,14-,15-,16-;/m0./s1/i2D3,5D2;. The Morgan fingerprint density at radius 2 is 1.94 bits per heavy atom. The first kappa shape index (κ1) is 20.0. The van der Waals surface area contributed by atoms with Crippen LogP contribution in [-0.4, -0.2) is 64.1 Å².